The van der Waals surface area contributed by atoms with Gasteiger partial charge in [-0.3, -0.25) is 4.79 Å². The van der Waals surface area contributed by atoms with E-state index in [4.69, 9.17) is 9.40 Å². The van der Waals surface area contributed by atoms with Gasteiger partial charge in [0.1, 0.15) is 11.6 Å². The van der Waals surface area contributed by atoms with Gasteiger partial charge in [0.05, 0.1) is 5.92 Å². The Bertz CT molecular complexity index is 1470. The van der Waals surface area contributed by atoms with Gasteiger partial charge >= 0.3 is 0 Å². The summed E-state index contributed by atoms with van der Waals surface area (Å²) in [5.74, 6) is 0.361. The maximum Gasteiger partial charge on any atom is 0.235 e. The highest BCUT2D eigenvalue weighted by Crippen LogP contribution is 2.38. The molecule has 1 amide bonds. The van der Waals surface area contributed by atoms with Gasteiger partial charge in [0, 0.05) is 6.54 Å². The maximum absolute atomic E-state index is 14.1. The molecule has 1 atom stereocenters. The van der Waals surface area contributed by atoms with Crippen LogP contribution in [0.25, 0.3) is 22.2 Å². The first-order valence-electron chi connectivity index (χ1n) is 12.6. The number of hydrogen-bond donors (Lipinski definition) is 0. The minimum Gasteiger partial charge on any atom is -0.438 e. The first-order valence-corrected chi connectivity index (χ1v) is 12.6. The average molecular weight is 473 g/mol. The molecular formula is C32H28N2O2. The lowest BCUT2D eigenvalue weighted by Gasteiger charge is -2.28. The lowest BCUT2D eigenvalue weighted by molar-refractivity contribution is -0.133. The number of aryl methyl sites for hydroxylation is 1. The molecular weight excluding hydrogens is 444 g/mol. The summed E-state index contributed by atoms with van der Waals surface area (Å²) in [6, 6.07) is 34.5. The fourth-order valence-electron chi connectivity index (χ4n) is 5.31. The standard InChI is InChI=1S/C32H28N2O2/c1-22-10-8-15-25(20-22)26-17-18-29-27(21-26)33-31(36-29)28-16-9-19-34(28)32(35)30(23-11-4-2-5-12-23)24-13-6-3-7-14-24/h2-8,10-15,17-18,20-21,28,30H,9,16,19H2,1H3. The van der Waals surface area contributed by atoms with Gasteiger partial charge in [0.15, 0.2) is 5.58 Å². The van der Waals surface area contributed by atoms with Crippen molar-refractivity contribution >= 4 is 17.0 Å². The van der Waals surface area contributed by atoms with E-state index in [1.54, 1.807) is 0 Å². The molecule has 5 aromatic rings. The van der Waals surface area contributed by atoms with E-state index < -0.39 is 0 Å². The van der Waals surface area contributed by atoms with Crippen LogP contribution in [-0.2, 0) is 4.79 Å². The molecule has 4 aromatic carbocycles. The molecule has 2 heterocycles. The smallest absolute Gasteiger partial charge is 0.235 e. The number of fused-ring (bicyclic) bond motifs is 1. The molecule has 178 valence electrons. The highest BCUT2D eigenvalue weighted by molar-refractivity contribution is 5.88. The van der Waals surface area contributed by atoms with Gasteiger partial charge in [-0.25, -0.2) is 4.98 Å². The zero-order chi connectivity index (χ0) is 24.5. The SMILES string of the molecule is Cc1cccc(-c2ccc3oc(C4CCCN4C(=O)C(c4ccccc4)c4ccccc4)nc3c2)c1. The zero-order valence-corrected chi connectivity index (χ0v) is 20.3. The summed E-state index contributed by atoms with van der Waals surface area (Å²) < 4.78 is 6.23. The van der Waals surface area contributed by atoms with Crippen LogP contribution in [-0.4, -0.2) is 22.3 Å². The number of carbonyl (C=O) groups excluding carboxylic acids is 1. The van der Waals surface area contributed by atoms with Crippen LogP contribution in [0.2, 0.25) is 0 Å². The Morgan fingerprint density at radius 3 is 2.25 bits per heavy atom. The normalized spacial score (nSPS) is 15.6. The zero-order valence-electron chi connectivity index (χ0n) is 20.3. The van der Waals surface area contributed by atoms with Crippen molar-refractivity contribution in [1.82, 2.24) is 9.88 Å². The summed E-state index contributed by atoms with van der Waals surface area (Å²) in [6.07, 6.45) is 1.78. The van der Waals surface area contributed by atoms with Crippen molar-refractivity contribution in [3.05, 3.63) is 126 Å². The van der Waals surface area contributed by atoms with E-state index in [0.717, 1.165) is 46.2 Å². The van der Waals surface area contributed by atoms with Crippen LogP contribution < -0.4 is 0 Å². The third kappa shape index (κ3) is 4.20. The number of amides is 1. The highest BCUT2D eigenvalue weighted by atomic mass is 16.3. The Morgan fingerprint density at radius 2 is 1.56 bits per heavy atom. The van der Waals surface area contributed by atoms with Crippen LogP contribution in [0, 0.1) is 6.92 Å². The number of rotatable bonds is 5. The molecule has 0 spiro atoms. The van der Waals surface area contributed by atoms with E-state index >= 15 is 0 Å². The summed E-state index contributed by atoms with van der Waals surface area (Å²) in [6.45, 7) is 2.80. The molecule has 1 aliphatic rings. The molecule has 1 saturated heterocycles. The van der Waals surface area contributed by atoms with E-state index in [-0.39, 0.29) is 17.9 Å². The van der Waals surface area contributed by atoms with Crippen molar-refractivity contribution in [3.63, 3.8) is 0 Å². The van der Waals surface area contributed by atoms with Crippen molar-refractivity contribution in [2.24, 2.45) is 0 Å². The van der Waals surface area contributed by atoms with E-state index in [1.165, 1.54) is 5.56 Å². The number of aromatic nitrogens is 1. The number of hydrogen-bond acceptors (Lipinski definition) is 3. The van der Waals surface area contributed by atoms with Crippen molar-refractivity contribution in [2.75, 3.05) is 6.54 Å². The van der Waals surface area contributed by atoms with Gasteiger partial charge in [0.25, 0.3) is 0 Å². The Morgan fingerprint density at radius 1 is 0.861 bits per heavy atom. The van der Waals surface area contributed by atoms with Crippen LogP contribution in [0.15, 0.2) is 108 Å². The topological polar surface area (TPSA) is 46.3 Å². The highest BCUT2D eigenvalue weighted by Gasteiger charge is 2.37. The van der Waals surface area contributed by atoms with E-state index in [0.29, 0.717) is 12.4 Å². The van der Waals surface area contributed by atoms with Gasteiger partial charge in [-0.15, -0.1) is 0 Å². The van der Waals surface area contributed by atoms with Crippen LogP contribution >= 0.6 is 0 Å². The molecule has 1 aromatic heterocycles. The summed E-state index contributed by atoms with van der Waals surface area (Å²) in [5, 5.41) is 0. The van der Waals surface area contributed by atoms with Crippen molar-refractivity contribution in [3.8, 4) is 11.1 Å². The summed E-state index contributed by atoms with van der Waals surface area (Å²) in [7, 11) is 0. The Labute approximate surface area is 211 Å². The molecule has 0 saturated carbocycles. The summed E-state index contributed by atoms with van der Waals surface area (Å²) in [4.78, 5) is 20.9. The molecule has 0 bridgehead atoms. The van der Waals surface area contributed by atoms with Crippen molar-refractivity contribution in [2.45, 2.75) is 31.7 Å². The monoisotopic (exact) mass is 472 g/mol. The van der Waals surface area contributed by atoms with Gasteiger partial charge in [0.2, 0.25) is 11.8 Å². The second-order valence-electron chi connectivity index (χ2n) is 9.55. The summed E-state index contributed by atoms with van der Waals surface area (Å²) >= 11 is 0. The molecule has 1 fully saturated rings. The number of carbonyl (C=O) groups is 1. The van der Waals surface area contributed by atoms with Gasteiger partial charge in [-0.05, 0) is 54.2 Å². The minimum absolute atomic E-state index is 0.0950. The van der Waals surface area contributed by atoms with Gasteiger partial charge in [-0.2, -0.15) is 0 Å². The third-order valence-electron chi connectivity index (χ3n) is 7.09. The largest absolute Gasteiger partial charge is 0.438 e. The number of benzene rings is 4. The second-order valence-corrected chi connectivity index (χ2v) is 9.55. The first kappa shape index (κ1) is 22.3. The van der Waals surface area contributed by atoms with E-state index in [9.17, 15) is 4.79 Å². The molecule has 0 aliphatic carbocycles. The quantitative estimate of drug-likeness (QED) is 0.270. The van der Waals surface area contributed by atoms with Gasteiger partial charge < -0.3 is 9.32 Å². The Balaban J connectivity index is 1.34. The minimum atomic E-state index is -0.356. The van der Waals surface area contributed by atoms with Crippen molar-refractivity contribution in [1.29, 1.82) is 0 Å². The molecule has 4 nitrogen and oxygen atoms in total. The van der Waals surface area contributed by atoms with Crippen LogP contribution in [0.4, 0.5) is 0 Å². The molecule has 0 radical (unpaired) electrons. The predicted octanol–water partition coefficient (Wildman–Crippen LogP) is 7.30. The van der Waals surface area contributed by atoms with Crippen LogP contribution in [0.1, 0.15) is 47.4 Å². The fraction of sp³-hybridized carbons (Fsp3) is 0.188. The number of oxazole rings is 1. The average Bonchev–Trinajstić information content (AvgIpc) is 3.57. The molecule has 1 unspecified atom stereocenters. The lowest BCUT2D eigenvalue weighted by Crippen LogP contribution is -2.35. The Hall–Kier alpha value is -4.18. The predicted molar refractivity (Wildman–Crippen MR) is 143 cm³/mol. The van der Waals surface area contributed by atoms with Crippen LogP contribution in [0.3, 0.4) is 0 Å². The second kappa shape index (κ2) is 9.46. The lowest BCUT2D eigenvalue weighted by atomic mass is 9.90. The number of nitrogens with zero attached hydrogens (tertiary/aromatic N) is 2. The van der Waals surface area contributed by atoms with E-state index in [1.807, 2.05) is 71.6 Å². The molecule has 6 rings (SSSR count). The molecule has 4 heteroatoms. The molecule has 0 N–H and O–H groups in total. The summed E-state index contributed by atoms with van der Waals surface area (Å²) in [5.41, 5.74) is 7.07. The molecule has 36 heavy (non-hydrogen) atoms. The first-order chi connectivity index (χ1) is 17.7. The van der Waals surface area contributed by atoms with Crippen LogP contribution in [0.5, 0.6) is 0 Å². The third-order valence-corrected chi connectivity index (χ3v) is 7.09. The van der Waals surface area contributed by atoms with Gasteiger partial charge in [-0.1, -0.05) is 96.6 Å². The number of likely N-dealkylation sites (tertiary alicyclic amines) is 1. The van der Waals surface area contributed by atoms with Crippen molar-refractivity contribution < 1.29 is 9.21 Å². The maximum atomic E-state index is 14.1. The fourth-order valence-corrected chi connectivity index (χ4v) is 5.31. The molecule has 1 aliphatic heterocycles. The van der Waals surface area contributed by atoms with E-state index in [2.05, 4.69) is 43.3 Å². The Kier molecular flexibility index (Phi) is 5.86.